The summed E-state index contributed by atoms with van der Waals surface area (Å²) in [6.07, 6.45) is 0. The van der Waals surface area contributed by atoms with Gasteiger partial charge in [0, 0.05) is 0 Å². The quantitative estimate of drug-likeness (QED) is 0.762. The molecule has 2 aromatic rings. The lowest BCUT2D eigenvalue weighted by Gasteiger charge is -2.20. The fraction of sp³-hybridized carbons (Fsp3) is 0.278. The molecule has 0 saturated heterocycles. The highest BCUT2D eigenvalue weighted by Gasteiger charge is 2.16. The van der Waals surface area contributed by atoms with E-state index in [1.807, 2.05) is 30.3 Å². The van der Waals surface area contributed by atoms with Crippen molar-refractivity contribution in [3.8, 4) is 5.75 Å². The predicted octanol–water partition coefficient (Wildman–Crippen LogP) is 2.93. The number of hydrogen-bond acceptors (Lipinski definition) is 3. The van der Waals surface area contributed by atoms with E-state index in [-0.39, 0.29) is 18.4 Å². The summed E-state index contributed by atoms with van der Waals surface area (Å²) in [4.78, 5) is 12.2. The third kappa shape index (κ3) is 4.45. The maximum Gasteiger partial charge on any atom is 0.315 e. The zero-order chi connectivity index (χ0) is 17.5. The van der Waals surface area contributed by atoms with Crippen LogP contribution in [0.15, 0.2) is 48.5 Å². The number of hydrogen-bond donors (Lipinski definition) is 3. The number of carbonyl (C=O) groups excluding carboxylic acids is 1. The van der Waals surface area contributed by atoms with E-state index in [4.69, 9.17) is 4.74 Å². The molecule has 0 aliphatic heterocycles. The molecule has 5 nitrogen and oxygen atoms in total. The number of ether oxygens (including phenoxy) is 1. The highest BCUT2D eigenvalue weighted by molar-refractivity contribution is 5.75. The zero-order valence-electron chi connectivity index (χ0n) is 13.6. The number of amides is 2. The molecule has 2 atom stereocenters. The van der Waals surface area contributed by atoms with E-state index >= 15 is 0 Å². The number of methoxy groups -OCH3 is 1. The molecule has 2 aromatic carbocycles. The van der Waals surface area contributed by atoms with Crippen LogP contribution in [0.2, 0.25) is 0 Å². The van der Waals surface area contributed by atoms with Crippen LogP contribution in [0, 0.1) is 5.82 Å². The summed E-state index contributed by atoms with van der Waals surface area (Å²) in [6, 6.07) is 12.3. The minimum Gasteiger partial charge on any atom is -0.494 e. The van der Waals surface area contributed by atoms with Crippen LogP contribution in [0.4, 0.5) is 9.18 Å². The van der Waals surface area contributed by atoms with Gasteiger partial charge in [-0.05, 0) is 30.2 Å². The summed E-state index contributed by atoms with van der Waals surface area (Å²) in [5, 5.41) is 15.0. The predicted molar refractivity (Wildman–Crippen MR) is 89.3 cm³/mol. The van der Waals surface area contributed by atoms with Crippen molar-refractivity contribution in [2.45, 2.75) is 19.0 Å². The van der Waals surface area contributed by atoms with Crippen molar-refractivity contribution in [2.75, 3.05) is 13.7 Å². The van der Waals surface area contributed by atoms with Crippen molar-refractivity contribution in [3.05, 3.63) is 65.5 Å². The molecular formula is C18H21FN2O3. The van der Waals surface area contributed by atoms with E-state index in [0.29, 0.717) is 5.56 Å². The van der Waals surface area contributed by atoms with E-state index in [1.54, 1.807) is 19.1 Å². The van der Waals surface area contributed by atoms with Crippen LogP contribution in [0.5, 0.6) is 5.75 Å². The Morgan fingerprint density at radius 2 is 1.88 bits per heavy atom. The van der Waals surface area contributed by atoms with Crippen LogP contribution in [0.1, 0.15) is 30.1 Å². The number of halogens is 1. The van der Waals surface area contributed by atoms with E-state index < -0.39 is 17.9 Å². The van der Waals surface area contributed by atoms with Gasteiger partial charge in [0.15, 0.2) is 11.6 Å². The summed E-state index contributed by atoms with van der Waals surface area (Å²) in [6.45, 7) is 1.57. The Morgan fingerprint density at radius 1 is 1.17 bits per heavy atom. The molecule has 0 spiro atoms. The number of aliphatic hydroxyl groups excluding tert-OH is 1. The first-order chi connectivity index (χ1) is 11.5. The second-order valence-corrected chi connectivity index (χ2v) is 5.38. The summed E-state index contributed by atoms with van der Waals surface area (Å²) in [5.41, 5.74) is 1.52. The van der Waals surface area contributed by atoms with Crippen LogP contribution >= 0.6 is 0 Å². The van der Waals surface area contributed by atoms with Gasteiger partial charge >= 0.3 is 6.03 Å². The van der Waals surface area contributed by atoms with Crippen LogP contribution < -0.4 is 15.4 Å². The number of aliphatic hydroxyl groups is 1. The SMILES string of the molecule is COc1cc([C@@H](C)NC(=O)N[C@H](CO)c2ccccc2)ccc1F. The average Bonchev–Trinajstić information content (AvgIpc) is 2.60. The smallest absolute Gasteiger partial charge is 0.315 e. The number of rotatable bonds is 6. The lowest BCUT2D eigenvalue weighted by atomic mass is 10.1. The van der Waals surface area contributed by atoms with Gasteiger partial charge in [0.1, 0.15) is 0 Å². The van der Waals surface area contributed by atoms with E-state index in [2.05, 4.69) is 10.6 Å². The molecule has 0 heterocycles. The number of benzene rings is 2. The van der Waals surface area contributed by atoms with Crippen molar-refractivity contribution in [1.29, 1.82) is 0 Å². The Bertz CT molecular complexity index is 679. The summed E-state index contributed by atoms with van der Waals surface area (Å²) in [5.74, 6) is -0.332. The van der Waals surface area contributed by atoms with Gasteiger partial charge in [-0.15, -0.1) is 0 Å². The lowest BCUT2D eigenvalue weighted by Crippen LogP contribution is -2.40. The molecule has 0 unspecified atom stereocenters. The maximum absolute atomic E-state index is 13.4. The second kappa shape index (κ2) is 8.31. The van der Waals surface area contributed by atoms with Gasteiger partial charge in [-0.2, -0.15) is 0 Å². The molecule has 3 N–H and O–H groups in total. The standard InChI is InChI=1S/C18H21FN2O3/c1-12(14-8-9-15(19)17(10-14)24-2)20-18(23)21-16(11-22)13-6-4-3-5-7-13/h3-10,12,16,22H,11H2,1-2H3,(H2,20,21,23)/t12-,16-/m1/s1. The van der Waals surface area contributed by atoms with Gasteiger partial charge < -0.3 is 20.5 Å². The molecule has 24 heavy (non-hydrogen) atoms. The second-order valence-electron chi connectivity index (χ2n) is 5.38. The van der Waals surface area contributed by atoms with Crippen LogP contribution in [0.3, 0.4) is 0 Å². The Hall–Kier alpha value is -2.60. The first-order valence-corrected chi connectivity index (χ1v) is 7.61. The van der Waals surface area contributed by atoms with Crippen LogP contribution in [-0.2, 0) is 0 Å². The average molecular weight is 332 g/mol. The Balaban J connectivity index is 2.00. The third-order valence-electron chi connectivity index (χ3n) is 3.71. The van der Waals surface area contributed by atoms with E-state index in [0.717, 1.165) is 5.56 Å². The van der Waals surface area contributed by atoms with Crippen molar-refractivity contribution >= 4 is 6.03 Å². The molecule has 0 saturated carbocycles. The molecular weight excluding hydrogens is 311 g/mol. The summed E-state index contributed by atoms with van der Waals surface area (Å²) >= 11 is 0. The number of urea groups is 1. The largest absolute Gasteiger partial charge is 0.494 e. The zero-order valence-corrected chi connectivity index (χ0v) is 13.6. The third-order valence-corrected chi connectivity index (χ3v) is 3.71. The minimum atomic E-state index is -0.499. The monoisotopic (exact) mass is 332 g/mol. The maximum atomic E-state index is 13.4. The molecule has 128 valence electrons. The van der Waals surface area contributed by atoms with Gasteiger partial charge in [0.05, 0.1) is 25.8 Å². The van der Waals surface area contributed by atoms with Crippen molar-refractivity contribution in [3.63, 3.8) is 0 Å². The number of carbonyl (C=O) groups is 1. The molecule has 0 aliphatic carbocycles. The van der Waals surface area contributed by atoms with Crippen LogP contribution in [0.25, 0.3) is 0 Å². The highest BCUT2D eigenvalue weighted by atomic mass is 19.1. The molecule has 0 aromatic heterocycles. The first kappa shape index (κ1) is 17.7. The Kier molecular flexibility index (Phi) is 6.14. The molecule has 2 amide bonds. The van der Waals surface area contributed by atoms with Crippen molar-refractivity contribution in [1.82, 2.24) is 10.6 Å². The molecule has 0 radical (unpaired) electrons. The summed E-state index contributed by atoms with van der Waals surface area (Å²) < 4.78 is 18.4. The van der Waals surface area contributed by atoms with Crippen LogP contribution in [-0.4, -0.2) is 24.9 Å². The molecule has 0 fully saturated rings. The normalized spacial score (nSPS) is 13.0. The van der Waals surface area contributed by atoms with Gasteiger partial charge in [0.25, 0.3) is 0 Å². The van der Waals surface area contributed by atoms with Crippen molar-refractivity contribution in [2.24, 2.45) is 0 Å². The lowest BCUT2D eigenvalue weighted by molar-refractivity contribution is 0.214. The van der Waals surface area contributed by atoms with Crippen molar-refractivity contribution < 1.29 is 19.0 Å². The molecule has 0 bridgehead atoms. The fourth-order valence-corrected chi connectivity index (χ4v) is 2.35. The summed E-state index contributed by atoms with van der Waals surface area (Å²) in [7, 11) is 1.39. The number of nitrogens with one attached hydrogen (secondary N) is 2. The van der Waals surface area contributed by atoms with Gasteiger partial charge in [-0.3, -0.25) is 0 Å². The first-order valence-electron chi connectivity index (χ1n) is 7.61. The molecule has 0 aliphatic rings. The van der Waals surface area contributed by atoms with Gasteiger partial charge in [0.2, 0.25) is 0 Å². The highest BCUT2D eigenvalue weighted by Crippen LogP contribution is 2.22. The van der Waals surface area contributed by atoms with Gasteiger partial charge in [-0.25, -0.2) is 9.18 Å². The Labute approximate surface area is 140 Å². The van der Waals surface area contributed by atoms with E-state index in [1.165, 1.54) is 13.2 Å². The molecule has 2 rings (SSSR count). The minimum absolute atomic E-state index is 0.124. The molecule has 6 heteroatoms. The Morgan fingerprint density at radius 3 is 2.50 bits per heavy atom. The van der Waals surface area contributed by atoms with Gasteiger partial charge in [-0.1, -0.05) is 36.4 Å². The fourth-order valence-electron chi connectivity index (χ4n) is 2.35. The van der Waals surface area contributed by atoms with E-state index in [9.17, 15) is 14.3 Å². The topological polar surface area (TPSA) is 70.6 Å².